The van der Waals surface area contributed by atoms with Crippen LogP contribution in [0, 0.1) is 6.92 Å². The van der Waals surface area contributed by atoms with Gasteiger partial charge in [0.1, 0.15) is 0 Å². The minimum Gasteiger partial charge on any atom is -0.358 e. The normalized spacial score (nSPS) is 11.0. The largest absolute Gasteiger partial charge is 0.358 e. The van der Waals surface area contributed by atoms with Crippen LogP contribution in [0.5, 0.6) is 0 Å². The Hall–Kier alpha value is -2.35. The molecule has 1 N–H and O–H groups in total. The van der Waals surface area contributed by atoms with Crippen molar-refractivity contribution in [3.63, 3.8) is 0 Å². The Bertz CT molecular complexity index is 833. The van der Waals surface area contributed by atoms with E-state index in [4.69, 9.17) is 0 Å². The number of H-pyrrole nitrogens is 1. The van der Waals surface area contributed by atoms with Gasteiger partial charge in [-0.15, -0.1) is 0 Å². The fraction of sp³-hybridized carbons (Fsp3) is 0.286. The number of hydrogen-bond acceptors (Lipinski definition) is 1. The van der Waals surface area contributed by atoms with Crippen molar-refractivity contribution in [2.24, 2.45) is 0 Å². The van der Waals surface area contributed by atoms with Crippen molar-refractivity contribution in [2.75, 3.05) is 0 Å². The number of fused-ring (bicyclic) bond motifs is 1. The Morgan fingerprint density at radius 3 is 2.35 bits per heavy atom. The first-order valence-corrected chi connectivity index (χ1v) is 8.40. The van der Waals surface area contributed by atoms with Gasteiger partial charge in [-0.1, -0.05) is 48.9 Å². The van der Waals surface area contributed by atoms with E-state index in [0.717, 1.165) is 41.4 Å². The monoisotopic (exact) mass is 305 g/mol. The zero-order valence-corrected chi connectivity index (χ0v) is 13.6. The summed E-state index contributed by atoms with van der Waals surface area (Å²) in [5, 5.41) is 0.790. The minimum atomic E-state index is 0.165. The smallest absolute Gasteiger partial charge is 0.192 e. The molecule has 0 spiro atoms. The summed E-state index contributed by atoms with van der Waals surface area (Å²) >= 11 is 0. The van der Waals surface area contributed by atoms with E-state index < -0.39 is 0 Å². The number of unbranched alkanes of at least 4 members (excludes halogenated alkanes) is 2. The summed E-state index contributed by atoms with van der Waals surface area (Å²) in [7, 11) is 0. The summed E-state index contributed by atoms with van der Waals surface area (Å²) in [4.78, 5) is 15.8. The predicted molar refractivity (Wildman–Crippen MR) is 97.0 cm³/mol. The molecule has 0 saturated carbocycles. The molecule has 0 saturated heterocycles. The van der Waals surface area contributed by atoms with E-state index in [2.05, 4.69) is 35.3 Å². The Labute approximate surface area is 137 Å². The van der Waals surface area contributed by atoms with Crippen molar-refractivity contribution in [3.05, 3.63) is 81.6 Å². The van der Waals surface area contributed by atoms with Crippen molar-refractivity contribution in [1.82, 2.24) is 4.98 Å². The summed E-state index contributed by atoms with van der Waals surface area (Å²) in [6, 6.07) is 18.4. The summed E-state index contributed by atoms with van der Waals surface area (Å²) in [5.74, 6) is 0. The highest BCUT2D eigenvalue weighted by Crippen LogP contribution is 2.14. The fourth-order valence-electron chi connectivity index (χ4n) is 3.09. The van der Waals surface area contributed by atoms with Crippen LogP contribution in [0.4, 0.5) is 0 Å². The first-order valence-electron chi connectivity index (χ1n) is 8.40. The Morgan fingerprint density at radius 1 is 0.826 bits per heavy atom. The molecule has 0 fully saturated rings. The molecule has 3 aromatic rings. The number of pyridine rings is 1. The van der Waals surface area contributed by atoms with Crippen molar-refractivity contribution in [1.29, 1.82) is 0 Å². The molecule has 2 heteroatoms. The highest BCUT2D eigenvalue weighted by Gasteiger charge is 2.07. The molecule has 23 heavy (non-hydrogen) atoms. The van der Waals surface area contributed by atoms with Gasteiger partial charge in [-0.25, -0.2) is 0 Å². The predicted octanol–water partition coefficient (Wildman–Crippen LogP) is 4.79. The highest BCUT2D eigenvalue weighted by atomic mass is 16.1. The average molecular weight is 305 g/mol. The second-order valence-electron chi connectivity index (χ2n) is 6.15. The van der Waals surface area contributed by atoms with E-state index in [1.807, 2.05) is 31.2 Å². The summed E-state index contributed by atoms with van der Waals surface area (Å²) in [6.45, 7) is 1.94. The number of nitrogens with one attached hydrogen (secondary N) is 1. The first-order chi connectivity index (χ1) is 11.3. The zero-order chi connectivity index (χ0) is 16.1. The van der Waals surface area contributed by atoms with Crippen LogP contribution in [0.15, 0.2) is 59.4 Å². The van der Waals surface area contributed by atoms with Gasteiger partial charge in [0.15, 0.2) is 5.43 Å². The molecule has 1 aromatic heterocycles. The molecule has 0 bridgehead atoms. The topological polar surface area (TPSA) is 32.9 Å². The van der Waals surface area contributed by atoms with Gasteiger partial charge in [0.25, 0.3) is 0 Å². The van der Waals surface area contributed by atoms with Gasteiger partial charge in [0.2, 0.25) is 0 Å². The first kappa shape index (κ1) is 15.5. The Kier molecular flexibility index (Phi) is 4.92. The lowest BCUT2D eigenvalue weighted by molar-refractivity contribution is 0.670. The molecule has 0 atom stereocenters. The van der Waals surface area contributed by atoms with Crippen LogP contribution < -0.4 is 5.43 Å². The summed E-state index contributed by atoms with van der Waals surface area (Å²) < 4.78 is 0. The second-order valence-corrected chi connectivity index (χ2v) is 6.15. The lowest BCUT2D eigenvalue weighted by atomic mass is 10.0. The minimum absolute atomic E-state index is 0.165. The van der Waals surface area contributed by atoms with Gasteiger partial charge in [0.05, 0.1) is 0 Å². The molecule has 0 amide bonds. The van der Waals surface area contributed by atoms with Crippen LogP contribution in [0.3, 0.4) is 0 Å². The standard InChI is InChI=1S/C21H23NO/c1-16-19(22-20-15-9-8-13-18(20)21(16)23)14-7-3-6-12-17-10-4-2-5-11-17/h2,4-5,8-11,13,15H,3,6-7,12,14H2,1H3,(H,22,23). The van der Waals surface area contributed by atoms with Crippen LogP contribution >= 0.6 is 0 Å². The van der Waals surface area contributed by atoms with Crippen molar-refractivity contribution >= 4 is 10.9 Å². The van der Waals surface area contributed by atoms with E-state index in [9.17, 15) is 4.79 Å². The number of para-hydroxylation sites is 1. The number of aromatic amines is 1. The van der Waals surface area contributed by atoms with Crippen LogP contribution in [0.1, 0.15) is 36.1 Å². The van der Waals surface area contributed by atoms with Crippen molar-refractivity contribution in [2.45, 2.75) is 39.0 Å². The molecule has 0 unspecified atom stereocenters. The molecular formula is C21H23NO. The number of rotatable bonds is 6. The van der Waals surface area contributed by atoms with E-state index in [-0.39, 0.29) is 5.43 Å². The van der Waals surface area contributed by atoms with Crippen LogP contribution in [-0.4, -0.2) is 4.98 Å². The van der Waals surface area contributed by atoms with Gasteiger partial charge in [-0.05, 0) is 50.3 Å². The fourth-order valence-corrected chi connectivity index (χ4v) is 3.09. The van der Waals surface area contributed by atoms with E-state index in [1.165, 1.54) is 18.4 Å². The molecule has 0 aliphatic carbocycles. The molecule has 2 aromatic carbocycles. The highest BCUT2D eigenvalue weighted by molar-refractivity contribution is 5.79. The van der Waals surface area contributed by atoms with Crippen LogP contribution in [0.25, 0.3) is 10.9 Å². The van der Waals surface area contributed by atoms with Gasteiger partial charge < -0.3 is 4.98 Å². The third-order valence-electron chi connectivity index (χ3n) is 4.49. The number of hydrogen-bond donors (Lipinski definition) is 1. The third-order valence-corrected chi connectivity index (χ3v) is 4.49. The van der Waals surface area contributed by atoms with Crippen LogP contribution in [-0.2, 0) is 12.8 Å². The van der Waals surface area contributed by atoms with Crippen LogP contribution in [0.2, 0.25) is 0 Å². The quantitative estimate of drug-likeness (QED) is 0.652. The van der Waals surface area contributed by atoms with Gasteiger partial charge in [-0.3, -0.25) is 4.79 Å². The zero-order valence-electron chi connectivity index (χ0n) is 13.6. The summed E-state index contributed by atoms with van der Waals surface area (Å²) in [6.07, 6.45) is 5.57. The van der Waals surface area contributed by atoms with E-state index in [0.29, 0.717) is 0 Å². The average Bonchev–Trinajstić information content (AvgIpc) is 2.60. The molecular weight excluding hydrogens is 282 g/mol. The number of aromatic nitrogens is 1. The SMILES string of the molecule is Cc1c(CCCCCc2ccccc2)[nH]c2ccccc2c1=O. The Balaban J connectivity index is 1.59. The van der Waals surface area contributed by atoms with Crippen molar-refractivity contribution in [3.8, 4) is 0 Å². The van der Waals surface area contributed by atoms with Crippen molar-refractivity contribution < 1.29 is 0 Å². The molecule has 0 aliphatic heterocycles. The van der Waals surface area contributed by atoms with Gasteiger partial charge in [-0.2, -0.15) is 0 Å². The summed E-state index contributed by atoms with van der Waals surface area (Å²) in [5.41, 5.74) is 4.48. The maximum Gasteiger partial charge on any atom is 0.192 e. The van der Waals surface area contributed by atoms with Gasteiger partial charge in [0, 0.05) is 22.2 Å². The maximum atomic E-state index is 12.4. The van der Waals surface area contributed by atoms with E-state index >= 15 is 0 Å². The molecule has 0 aliphatic rings. The second kappa shape index (κ2) is 7.28. The van der Waals surface area contributed by atoms with E-state index in [1.54, 1.807) is 0 Å². The number of aryl methyl sites for hydroxylation is 2. The maximum absolute atomic E-state index is 12.4. The molecule has 2 nitrogen and oxygen atoms in total. The Morgan fingerprint density at radius 2 is 1.52 bits per heavy atom. The number of benzene rings is 2. The lowest BCUT2D eigenvalue weighted by Gasteiger charge is -2.08. The lowest BCUT2D eigenvalue weighted by Crippen LogP contribution is -2.11. The molecule has 3 rings (SSSR count). The third kappa shape index (κ3) is 3.70. The molecule has 118 valence electrons. The molecule has 0 radical (unpaired) electrons. The van der Waals surface area contributed by atoms with Gasteiger partial charge >= 0.3 is 0 Å². The molecule has 1 heterocycles.